The fraction of sp³-hybridized carbons (Fsp3) is 0.300. The molecule has 0 aromatic carbocycles. The molecule has 5 heteroatoms. The number of rotatable bonds is 3. The highest BCUT2D eigenvalue weighted by Gasteiger charge is 2.00. The molecule has 1 N–H and O–H groups in total. The van der Waals surface area contributed by atoms with Gasteiger partial charge in [-0.15, -0.1) is 0 Å². The number of hydrogen-bond donors (Lipinski definition) is 1. The summed E-state index contributed by atoms with van der Waals surface area (Å²) in [6, 6.07) is 3.71. The number of aryl methyl sites for hydroxylation is 2. The third-order valence-electron chi connectivity index (χ3n) is 1.91. The van der Waals surface area contributed by atoms with Gasteiger partial charge in [0.2, 0.25) is 0 Å². The molecule has 0 aliphatic carbocycles. The summed E-state index contributed by atoms with van der Waals surface area (Å²) in [7, 11) is 0. The lowest BCUT2D eigenvalue weighted by Crippen LogP contribution is -2.03. The zero-order chi connectivity index (χ0) is 10.7. The first-order valence-corrected chi connectivity index (χ1v) is 4.69. The van der Waals surface area contributed by atoms with Crippen LogP contribution in [0.4, 0.5) is 5.82 Å². The van der Waals surface area contributed by atoms with Gasteiger partial charge in [0.15, 0.2) is 0 Å². The molecule has 0 saturated heterocycles. The molecular formula is C10H12N4O. The lowest BCUT2D eigenvalue weighted by atomic mass is 10.4. The van der Waals surface area contributed by atoms with E-state index >= 15 is 0 Å². The van der Waals surface area contributed by atoms with Gasteiger partial charge in [0, 0.05) is 17.8 Å². The van der Waals surface area contributed by atoms with Crippen LogP contribution >= 0.6 is 0 Å². The minimum Gasteiger partial charge on any atom is -0.364 e. The summed E-state index contributed by atoms with van der Waals surface area (Å²) >= 11 is 0. The summed E-state index contributed by atoms with van der Waals surface area (Å²) in [5.74, 6) is 1.57. The first kappa shape index (κ1) is 9.64. The van der Waals surface area contributed by atoms with Crippen molar-refractivity contribution in [1.82, 2.24) is 15.1 Å². The highest BCUT2D eigenvalue weighted by Crippen LogP contribution is 2.07. The topological polar surface area (TPSA) is 63.8 Å². The van der Waals surface area contributed by atoms with E-state index < -0.39 is 0 Å². The zero-order valence-corrected chi connectivity index (χ0v) is 8.69. The second-order valence-corrected chi connectivity index (χ2v) is 3.29. The van der Waals surface area contributed by atoms with Gasteiger partial charge in [0.25, 0.3) is 0 Å². The smallest absolute Gasteiger partial charge is 0.130 e. The Balaban J connectivity index is 2.05. The molecule has 0 saturated carbocycles. The van der Waals surface area contributed by atoms with Crippen LogP contribution in [0.5, 0.6) is 0 Å². The Kier molecular flexibility index (Phi) is 2.62. The van der Waals surface area contributed by atoms with E-state index in [1.807, 2.05) is 26.0 Å². The Labute approximate surface area is 87.5 Å². The SMILES string of the molecule is Cc1cc(NCc2ccon2)nc(C)n1. The molecule has 5 nitrogen and oxygen atoms in total. The molecule has 2 rings (SSSR count). The highest BCUT2D eigenvalue weighted by atomic mass is 16.5. The van der Waals surface area contributed by atoms with E-state index in [0.717, 1.165) is 23.0 Å². The van der Waals surface area contributed by atoms with Gasteiger partial charge in [-0.3, -0.25) is 0 Å². The fourth-order valence-electron chi connectivity index (χ4n) is 1.32. The largest absolute Gasteiger partial charge is 0.364 e. The van der Waals surface area contributed by atoms with Gasteiger partial charge in [-0.05, 0) is 13.8 Å². The molecule has 0 spiro atoms. The lowest BCUT2D eigenvalue weighted by molar-refractivity contribution is 0.412. The number of nitrogens with one attached hydrogen (secondary N) is 1. The number of aromatic nitrogens is 3. The Hall–Kier alpha value is -1.91. The third kappa shape index (κ3) is 2.52. The van der Waals surface area contributed by atoms with Gasteiger partial charge in [-0.2, -0.15) is 0 Å². The Morgan fingerprint density at radius 3 is 2.87 bits per heavy atom. The number of nitrogens with zero attached hydrogens (tertiary/aromatic N) is 3. The molecule has 0 aliphatic rings. The molecule has 0 radical (unpaired) electrons. The molecule has 0 atom stereocenters. The summed E-state index contributed by atoms with van der Waals surface area (Å²) in [4.78, 5) is 8.45. The Morgan fingerprint density at radius 1 is 1.33 bits per heavy atom. The average Bonchev–Trinajstić information content (AvgIpc) is 2.65. The van der Waals surface area contributed by atoms with Crippen LogP contribution in [0.3, 0.4) is 0 Å². The van der Waals surface area contributed by atoms with Crippen molar-refractivity contribution in [2.75, 3.05) is 5.32 Å². The maximum atomic E-state index is 4.73. The summed E-state index contributed by atoms with van der Waals surface area (Å²) < 4.78 is 4.73. The second-order valence-electron chi connectivity index (χ2n) is 3.29. The van der Waals surface area contributed by atoms with E-state index in [0.29, 0.717) is 6.54 Å². The van der Waals surface area contributed by atoms with E-state index in [-0.39, 0.29) is 0 Å². The quantitative estimate of drug-likeness (QED) is 0.824. The van der Waals surface area contributed by atoms with Crippen molar-refractivity contribution in [2.24, 2.45) is 0 Å². The van der Waals surface area contributed by atoms with Crippen molar-refractivity contribution in [2.45, 2.75) is 20.4 Å². The van der Waals surface area contributed by atoms with Gasteiger partial charge in [0.1, 0.15) is 23.6 Å². The maximum Gasteiger partial charge on any atom is 0.130 e. The normalized spacial score (nSPS) is 10.3. The van der Waals surface area contributed by atoms with Crippen LogP contribution in [0.1, 0.15) is 17.2 Å². The standard InChI is InChI=1S/C10H12N4O/c1-7-5-10(13-8(2)12-7)11-6-9-3-4-15-14-9/h3-5H,6H2,1-2H3,(H,11,12,13). The molecular weight excluding hydrogens is 192 g/mol. The minimum atomic E-state index is 0.604. The predicted octanol–water partition coefficient (Wildman–Crippen LogP) is 1.69. The van der Waals surface area contributed by atoms with Crippen LogP contribution in [0.2, 0.25) is 0 Å². The van der Waals surface area contributed by atoms with E-state index in [1.54, 1.807) is 6.26 Å². The first-order valence-electron chi connectivity index (χ1n) is 4.69. The summed E-state index contributed by atoms with van der Waals surface area (Å²) in [5.41, 5.74) is 1.80. The molecule has 0 bridgehead atoms. The maximum absolute atomic E-state index is 4.73. The molecule has 2 aromatic rings. The van der Waals surface area contributed by atoms with Gasteiger partial charge >= 0.3 is 0 Å². The highest BCUT2D eigenvalue weighted by molar-refractivity contribution is 5.35. The molecule has 2 aromatic heterocycles. The van der Waals surface area contributed by atoms with E-state index in [2.05, 4.69) is 20.4 Å². The average molecular weight is 204 g/mol. The monoisotopic (exact) mass is 204 g/mol. The van der Waals surface area contributed by atoms with Gasteiger partial charge in [-0.1, -0.05) is 5.16 Å². The molecule has 0 fully saturated rings. The van der Waals surface area contributed by atoms with Crippen molar-refractivity contribution >= 4 is 5.82 Å². The van der Waals surface area contributed by atoms with Crippen LogP contribution in [-0.4, -0.2) is 15.1 Å². The number of anilines is 1. The minimum absolute atomic E-state index is 0.604. The van der Waals surface area contributed by atoms with Crippen molar-refractivity contribution < 1.29 is 4.52 Å². The van der Waals surface area contributed by atoms with Crippen molar-refractivity contribution in [1.29, 1.82) is 0 Å². The zero-order valence-electron chi connectivity index (χ0n) is 8.69. The van der Waals surface area contributed by atoms with Crippen LogP contribution in [0, 0.1) is 13.8 Å². The molecule has 15 heavy (non-hydrogen) atoms. The van der Waals surface area contributed by atoms with Gasteiger partial charge < -0.3 is 9.84 Å². The van der Waals surface area contributed by atoms with Gasteiger partial charge in [0.05, 0.1) is 6.54 Å². The van der Waals surface area contributed by atoms with Crippen LogP contribution in [0.15, 0.2) is 22.9 Å². The summed E-state index contributed by atoms with van der Waals surface area (Å²) in [6.07, 6.45) is 1.55. The molecule has 0 unspecified atom stereocenters. The van der Waals surface area contributed by atoms with Crippen LogP contribution in [0.25, 0.3) is 0 Å². The molecule has 0 aliphatic heterocycles. The predicted molar refractivity (Wildman–Crippen MR) is 55.3 cm³/mol. The summed E-state index contributed by atoms with van der Waals surface area (Å²) in [6.45, 7) is 4.41. The Morgan fingerprint density at radius 2 is 2.20 bits per heavy atom. The Bertz CT molecular complexity index is 418. The van der Waals surface area contributed by atoms with Crippen molar-refractivity contribution in [3.8, 4) is 0 Å². The third-order valence-corrected chi connectivity index (χ3v) is 1.91. The van der Waals surface area contributed by atoms with Gasteiger partial charge in [-0.25, -0.2) is 9.97 Å². The molecule has 0 amide bonds. The lowest BCUT2D eigenvalue weighted by Gasteiger charge is -2.04. The second kappa shape index (κ2) is 4.08. The summed E-state index contributed by atoms with van der Waals surface area (Å²) in [5, 5.41) is 6.95. The van der Waals surface area contributed by atoms with E-state index in [1.165, 1.54) is 0 Å². The first-order chi connectivity index (χ1) is 7.24. The van der Waals surface area contributed by atoms with E-state index in [4.69, 9.17) is 4.52 Å². The van der Waals surface area contributed by atoms with E-state index in [9.17, 15) is 0 Å². The van der Waals surface area contributed by atoms with Crippen molar-refractivity contribution in [3.63, 3.8) is 0 Å². The molecule has 2 heterocycles. The number of hydrogen-bond acceptors (Lipinski definition) is 5. The van der Waals surface area contributed by atoms with Crippen molar-refractivity contribution in [3.05, 3.63) is 35.6 Å². The fourth-order valence-corrected chi connectivity index (χ4v) is 1.32. The van der Waals surface area contributed by atoms with Crippen LogP contribution in [-0.2, 0) is 6.54 Å². The van der Waals surface area contributed by atoms with Crippen LogP contribution < -0.4 is 5.32 Å². The molecule has 78 valence electrons.